The predicted molar refractivity (Wildman–Crippen MR) is 55.2 cm³/mol. The van der Waals surface area contributed by atoms with E-state index in [1.807, 2.05) is 0 Å². The molecule has 80 valence electrons. The molecule has 2 nitrogen and oxygen atoms in total. The van der Waals surface area contributed by atoms with Crippen molar-refractivity contribution in [1.29, 1.82) is 0 Å². The Bertz CT molecular complexity index is 190. The van der Waals surface area contributed by atoms with Crippen LogP contribution in [0.3, 0.4) is 0 Å². The normalized spacial score (nSPS) is 27.6. The molecule has 0 spiro atoms. The Kier molecular flexibility index (Phi) is 3.57. The number of Topliss-reactive ketones (excluding diaryl/α,β-unsaturated/α-hetero) is 1. The fourth-order valence-electron chi connectivity index (χ4n) is 2.31. The number of hydrogen-bond acceptors (Lipinski definition) is 2. The van der Waals surface area contributed by atoms with E-state index >= 15 is 0 Å². The van der Waals surface area contributed by atoms with Crippen molar-refractivity contribution >= 4 is 5.78 Å². The summed E-state index contributed by atoms with van der Waals surface area (Å²) in [5.41, 5.74) is 0. The van der Waals surface area contributed by atoms with Crippen molar-refractivity contribution in [2.24, 2.45) is 5.92 Å². The van der Waals surface area contributed by atoms with Gasteiger partial charge in [0.2, 0.25) is 0 Å². The first-order valence-corrected chi connectivity index (χ1v) is 5.98. The molecule has 0 aromatic rings. The topological polar surface area (TPSA) is 26.3 Å². The van der Waals surface area contributed by atoms with Crippen molar-refractivity contribution < 1.29 is 9.53 Å². The van der Waals surface area contributed by atoms with E-state index < -0.39 is 0 Å². The van der Waals surface area contributed by atoms with Crippen LogP contribution in [0, 0.1) is 5.92 Å². The molecule has 1 heterocycles. The highest BCUT2D eigenvalue weighted by atomic mass is 16.5. The minimum atomic E-state index is 0.389. The molecule has 2 heteroatoms. The maximum absolute atomic E-state index is 11.5. The fraction of sp³-hybridized carbons (Fsp3) is 0.917. The molecule has 0 bridgehead atoms. The van der Waals surface area contributed by atoms with Crippen molar-refractivity contribution in [3.63, 3.8) is 0 Å². The Morgan fingerprint density at radius 2 is 2.07 bits per heavy atom. The van der Waals surface area contributed by atoms with Gasteiger partial charge in [0.25, 0.3) is 0 Å². The Morgan fingerprint density at radius 3 is 2.64 bits per heavy atom. The summed E-state index contributed by atoms with van der Waals surface area (Å²) in [5.74, 6) is 1.19. The first-order chi connectivity index (χ1) is 6.84. The van der Waals surface area contributed by atoms with E-state index in [4.69, 9.17) is 4.74 Å². The maximum Gasteiger partial charge on any atom is 0.133 e. The van der Waals surface area contributed by atoms with Gasteiger partial charge in [-0.3, -0.25) is 4.79 Å². The summed E-state index contributed by atoms with van der Waals surface area (Å²) < 4.78 is 5.50. The quantitative estimate of drug-likeness (QED) is 0.675. The van der Waals surface area contributed by atoms with Crippen molar-refractivity contribution in [1.82, 2.24) is 0 Å². The average molecular weight is 196 g/mol. The fourth-order valence-corrected chi connectivity index (χ4v) is 2.31. The van der Waals surface area contributed by atoms with Crippen LogP contribution >= 0.6 is 0 Å². The molecule has 1 saturated carbocycles. The molecule has 2 aliphatic rings. The minimum absolute atomic E-state index is 0.389. The first-order valence-electron chi connectivity index (χ1n) is 5.98. The van der Waals surface area contributed by atoms with Crippen LogP contribution in [0.5, 0.6) is 0 Å². The largest absolute Gasteiger partial charge is 0.378 e. The van der Waals surface area contributed by atoms with Crippen LogP contribution in [0.4, 0.5) is 0 Å². The van der Waals surface area contributed by atoms with Gasteiger partial charge in [0, 0.05) is 19.4 Å². The van der Waals surface area contributed by atoms with Crippen LogP contribution < -0.4 is 0 Å². The van der Waals surface area contributed by atoms with Crippen molar-refractivity contribution in [2.75, 3.05) is 6.61 Å². The third-order valence-electron chi connectivity index (χ3n) is 3.51. The monoisotopic (exact) mass is 196 g/mol. The molecule has 0 amide bonds. The van der Waals surface area contributed by atoms with E-state index in [1.54, 1.807) is 0 Å². The van der Waals surface area contributed by atoms with E-state index in [9.17, 15) is 4.79 Å². The second kappa shape index (κ2) is 4.92. The second-order valence-electron chi connectivity index (χ2n) is 4.71. The highest BCUT2D eigenvalue weighted by molar-refractivity contribution is 5.78. The Labute approximate surface area is 86.0 Å². The molecule has 2 fully saturated rings. The summed E-state index contributed by atoms with van der Waals surface area (Å²) in [6.45, 7) is 0.904. The van der Waals surface area contributed by atoms with Crippen molar-refractivity contribution in [3.05, 3.63) is 0 Å². The number of rotatable bonds is 5. The standard InChI is InChI=1S/C12H20O2/c13-11(9-10-3-1-4-10)6-7-12-5-2-8-14-12/h10,12H,1-9H2. The number of hydrogen-bond donors (Lipinski definition) is 0. The van der Waals surface area contributed by atoms with Gasteiger partial charge in [0.15, 0.2) is 0 Å². The molecule has 0 aromatic heterocycles. The van der Waals surface area contributed by atoms with E-state index in [0.29, 0.717) is 11.9 Å². The molecule has 1 aliphatic heterocycles. The predicted octanol–water partition coefficient (Wildman–Crippen LogP) is 2.70. The van der Waals surface area contributed by atoms with Gasteiger partial charge in [-0.15, -0.1) is 0 Å². The van der Waals surface area contributed by atoms with Gasteiger partial charge in [-0.1, -0.05) is 19.3 Å². The molecular weight excluding hydrogens is 176 g/mol. The molecule has 0 N–H and O–H groups in total. The third kappa shape index (κ3) is 2.81. The average Bonchev–Trinajstić information content (AvgIpc) is 2.60. The van der Waals surface area contributed by atoms with E-state index in [-0.39, 0.29) is 0 Å². The summed E-state index contributed by atoms with van der Waals surface area (Å²) >= 11 is 0. The molecule has 1 unspecified atom stereocenters. The lowest BCUT2D eigenvalue weighted by molar-refractivity contribution is -0.121. The summed E-state index contributed by atoms with van der Waals surface area (Å²) in [7, 11) is 0. The molecule has 0 aromatic carbocycles. The molecule has 14 heavy (non-hydrogen) atoms. The van der Waals surface area contributed by atoms with Gasteiger partial charge in [-0.2, -0.15) is 0 Å². The van der Waals surface area contributed by atoms with Gasteiger partial charge < -0.3 is 4.74 Å². The second-order valence-corrected chi connectivity index (χ2v) is 4.71. The van der Waals surface area contributed by atoms with E-state index in [0.717, 1.165) is 38.2 Å². The van der Waals surface area contributed by atoms with Crippen LogP contribution in [0.1, 0.15) is 51.4 Å². The Morgan fingerprint density at radius 1 is 1.21 bits per heavy atom. The minimum Gasteiger partial charge on any atom is -0.378 e. The van der Waals surface area contributed by atoms with Gasteiger partial charge in [0.05, 0.1) is 6.10 Å². The highest BCUT2D eigenvalue weighted by Gasteiger charge is 2.22. The molecule has 1 aliphatic carbocycles. The summed E-state index contributed by atoms with van der Waals surface area (Å²) in [6.07, 6.45) is 9.19. The highest BCUT2D eigenvalue weighted by Crippen LogP contribution is 2.30. The third-order valence-corrected chi connectivity index (χ3v) is 3.51. The molecule has 2 rings (SSSR count). The number of carbonyl (C=O) groups is 1. The van der Waals surface area contributed by atoms with Crippen LogP contribution in [-0.4, -0.2) is 18.5 Å². The van der Waals surface area contributed by atoms with Gasteiger partial charge in [0.1, 0.15) is 5.78 Å². The number of carbonyl (C=O) groups excluding carboxylic acids is 1. The van der Waals surface area contributed by atoms with Gasteiger partial charge in [-0.05, 0) is 25.2 Å². The number of ketones is 1. The van der Waals surface area contributed by atoms with E-state index in [1.165, 1.54) is 25.7 Å². The summed E-state index contributed by atoms with van der Waals surface area (Å²) in [5, 5.41) is 0. The molecular formula is C12H20O2. The molecule has 1 saturated heterocycles. The molecule has 1 atom stereocenters. The van der Waals surface area contributed by atoms with Crippen LogP contribution in [-0.2, 0) is 9.53 Å². The van der Waals surface area contributed by atoms with Gasteiger partial charge >= 0.3 is 0 Å². The maximum atomic E-state index is 11.5. The smallest absolute Gasteiger partial charge is 0.133 e. The Hall–Kier alpha value is -0.370. The lowest BCUT2D eigenvalue weighted by atomic mass is 9.81. The van der Waals surface area contributed by atoms with Crippen LogP contribution in [0.25, 0.3) is 0 Å². The van der Waals surface area contributed by atoms with Crippen molar-refractivity contribution in [2.45, 2.75) is 57.5 Å². The zero-order valence-corrected chi connectivity index (χ0v) is 8.84. The SMILES string of the molecule is O=C(CCC1CCCO1)CC1CCC1. The van der Waals surface area contributed by atoms with Crippen molar-refractivity contribution in [3.8, 4) is 0 Å². The lowest BCUT2D eigenvalue weighted by Crippen LogP contribution is -2.17. The summed E-state index contributed by atoms with van der Waals surface area (Å²) in [6, 6.07) is 0. The van der Waals surface area contributed by atoms with Gasteiger partial charge in [-0.25, -0.2) is 0 Å². The lowest BCUT2D eigenvalue weighted by Gasteiger charge is -2.24. The Balaban J connectivity index is 1.57. The first kappa shape index (κ1) is 10.2. The van der Waals surface area contributed by atoms with Crippen LogP contribution in [0.2, 0.25) is 0 Å². The van der Waals surface area contributed by atoms with Crippen LogP contribution in [0.15, 0.2) is 0 Å². The number of ether oxygens (including phenoxy) is 1. The molecule has 0 radical (unpaired) electrons. The summed E-state index contributed by atoms with van der Waals surface area (Å²) in [4.78, 5) is 11.5. The van der Waals surface area contributed by atoms with E-state index in [2.05, 4.69) is 0 Å². The zero-order valence-electron chi connectivity index (χ0n) is 8.84. The zero-order chi connectivity index (χ0) is 9.80.